The minimum absolute atomic E-state index is 0.497. The molecule has 3 N–H and O–H groups in total. The fourth-order valence-corrected chi connectivity index (χ4v) is 2.33. The van der Waals surface area contributed by atoms with Crippen LogP contribution in [0.25, 0.3) is 0 Å². The summed E-state index contributed by atoms with van der Waals surface area (Å²) >= 11 is 0. The first kappa shape index (κ1) is 17.6. The third-order valence-corrected chi connectivity index (χ3v) is 3.56. The van der Waals surface area contributed by atoms with Gasteiger partial charge >= 0.3 is 12.1 Å². The van der Waals surface area contributed by atoms with E-state index in [4.69, 9.17) is 4.74 Å². The number of nitrogens with one attached hydrogen (secondary N) is 3. The van der Waals surface area contributed by atoms with E-state index in [2.05, 4.69) is 16.1 Å². The van der Waals surface area contributed by atoms with E-state index in [-0.39, 0.29) is 0 Å². The summed E-state index contributed by atoms with van der Waals surface area (Å²) in [7, 11) is 1.54. The number of imide groups is 1. The van der Waals surface area contributed by atoms with Crippen LogP contribution in [-0.4, -0.2) is 35.6 Å². The van der Waals surface area contributed by atoms with Crippen LogP contribution in [0, 0.1) is 0 Å². The van der Waals surface area contributed by atoms with Gasteiger partial charge in [0.15, 0.2) is 0 Å². The number of hydrogen-bond donors (Lipinski definition) is 3. The molecule has 1 aromatic rings. The van der Waals surface area contributed by atoms with Gasteiger partial charge in [0.1, 0.15) is 11.3 Å². The van der Waals surface area contributed by atoms with Crippen molar-refractivity contribution in [1.29, 1.82) is 0 Å². The molecule has 0 aromatic heterocycles. The van der Waals surface area contributed by atoms with Crippen LogP contribution in [0.5, 0.6) is 5.75 Å². The molecule has 2 rings (SSSR count). The van der Waals surface area contributed by atoms with E-state index in [0.29, 0.717) is 16.3 Å². The van der Waals surface area contributed by atoms with Crippen LogP contribution < -0.4 is 20.8 Å². The van der Waals surface area contributed by atoms with Crippen molar-refractivity contribution < 1.29 is 19.1 Å². The third-order valence-electron chi connectivity index (χ3n) is 3.56. The molecular weight excluding hydrogens is 312 g/mol. The zero-order chi connectivity index (χ0) is 18.1. The predicted molar refractivity (Wildman–Crippen MR) is 87.1 cm³/mol. The molecule has 130 valence electrons. The van der Waals surface area contributed by atoms with Crippen LogP contribution in [-0.2, 0) is 10.3 Å². The van der Waals surface area contributed by atoms with Crippen molar-refractivity contribution in [2.75, 3.05) is 7.11 Å². The predicted octanol–water partition coefficient (Wildman–Crippen LogP) is 1.47. The molecule has 1 saturated heterocycles. The van der Waals surface area contributed by atoms with Gasteiger partial charge in [0, 0.05) is 5.54 Å². The fraction of sp³-hybridized carbons (Fsp3) is 0.438. The Balaban J connectivity index is 2.19. The van der Waals surface area contributed by atoms with Crippen LogP contribution >= 0.6 is 0 Å². The molecule has 0 aliphatic carbocycles. The van der Waals surface area contributed by atoms with Crippen LogP contribution in [0.3, 0.4) is 0 Å². The third kappa shape index (κ3) is 3.42. The molecule has 1 heterocycles. The molecule has 0 bridgehead atoms. The highest BCUT2D eigenvalue weighted by Crippen LogP contribution is 2.29. The summed E-state index contributed by atoms with van der Waals surface area (Å²) in [5, 5.41) is 5.92. The number of ether oxygens (including phenoxy) is 1. The van der Waals surface area contributed by atoms with Crippen molar-refractivity contribution in [3.8, 4) is 5.75 Å². The lowest BCUT2D eigenvalue weighted by Gasteiger charge is -2.24. The SMILES string of the molecule is COc1ccc([C@@]2(C)NC(=O)N(NC(=O)NC(C)(C)C)C2=O)cc1. The second kappa shape index (κ2) is 6.03. The Bertz CT molecular complexity index is 666. The fourth-order valence-electron chi connectivity index (χ4n) is 2.33. The quantitative estimate of drug-likeness (QED) is 0.729. The molecule has 1 aliphatic rings. The number of urea groups is 2. The van der Waals surface area contributed by atoms with Crippen LogP contribution in [0.2, 0.25) is 0 Å². The van der Waals surface area contributed by atoms with Crippen molar-refractivity contribution in [1.82, 2.24) is 21.1 Å². The molecule has 8 heteroatoms. The zero-order valence-corrected chi connectivity index (χ0v) is 14.4. The van der Waals surface area contributed by atoms with E-state index in [1.807, 2.05) is 0 Å². The lowest BCUT2D eigenvalue weighted by molar-refractivity contribution is -0.132. The molecule has 1 aromatic carbocycles. The maximum absolute atomic E-state index is 12.7. The number of benzene rings is 1. The first-order chi connectivity index (χ1) is 11.1. The highest BCUT2D eigenvalue weighted by molar-refractivity contribution is 6.08. The van der Waals surface area contributed by atoms with Crippen LogP contribution in [0.1, 0.15) is 33.3 Å². The first-order valence-electron chi connectivity index (χ1n) is 7.47. The average Bonchev–Trinajstić information content (AvgIpc) is 2.70. The van der Waals surface area contributed by atoms with E-state index >= 15 is 0 Å². The van der Waals surface area contributed by atoms with Gasteiger partial charge in [-0.1, -0.05) is 12.1 Å². The molecule has 0 radical (unpaired) electrons. The smallest absolute Gasteiger partial charge is 0.344 e. The minimum atomic E-state index is -1.27. The summed E-state index contributed by atoms with van der Waals surface area (Å²) in [5.74, 6) is 0.0698. The standard InChI is InChI=1S/C16H22N4O4/c1-15(2,3)17-13(22)19-20-12(21)16(4,18-14(20)23)10-6-8-11(24-5)9-7-10/h6-9H,1-5H3,(H,18,23)(H2,17,19,22)/t16-/m1/s1. The number of amides is 5. The van der Waals surface area contributed by atoms with Gasteiger partial charge in [0.2, 0.25) is 0 Å². The van der Waals surface area contributed by atoms with Gasteiger partial charge in [-0.25, -0.2) is 15.0 Å². The van der Waals surface area contributed by atoms with Crippen molar-refractivity contribution >= 4 is 18.0 Å². The Morgan fingerprint density at radius 1 is 1.21 bits per heavy atom. The highest BCUT2D eigenvalue weighted by atomic mass is 16.5. The molecule has 8 nitrogen and oxygen atoms in total. The Morgan fingerprint density at radius 3 is 2.29 bits per heavy atom. The summed E-state index contributed by atoms with van der Waals surface area (Å²) in [6.45, 7) is 6.96. The molecule has 0 spiro atoms. The first-order valence-corrected chi connectivity index (χ1v) is 7.47. The summed E-state index contributed by atoms with van der Waals surface area (Å²) < 4.78 is 5.08. The largest absolute Gasteiger partial charge is 0.497 e. The maximum Gasteiger partial charge on any atom is 0.344 e. The van der Waals surface area contributed by atoms with E-state index in [0.717, 1.165) is 0 Å². The van der Waals surface area contributed by atoms with Crippen LogP contribution in [0.15, 0.2) is 24.3 Å². The van der Waals surface area contributed by atoms with Gasteiger partial charge in [-0.05, 0) is 45.4 Å². The monoisotopic (exact) mass is 334 g/mol. The Labute approximate surface area is 140 Å². The average molecular weight is 334 g/mol. The Morgan fingerprint density at radius 2 is 1.79 bits per heavy atom. The number of hydrogen-bond acceptors (Lipinski definition) is 4. The molecule has 0 saturated carbocycles. The highest BCUT2D eigenvalue weighted by Gasteiger charge is 2.50. The number of carbonyl (C=O) groups excluding carboxylic acids is 3. The maximum atomic E-state index is 12.7. The lowest BCUT2D eigenvalue weighted by Crippen LogP contribution is -2.55. The second-order valence-electron chi connectivity index (χ2n) is 6.74. The van der Waals surface area contributed by atoms with Crippen molar-refractivity contribution in [3.63, 3.8) is 0 Å². The van der Waals surface area contributed by atoms with Crippen molar-refractivity contribution in [2.45, 2.75) is 38.8 Å². The van der Waals surface area contributed by atoms with Gasteiger partial charge in [-0.2, -0.15) is 5.01 Å². The minimum Gasteiger partial charge on any atom is -0.497 e. The summed E-state index contributed by atoms with van der Waals surface area (Å²) in [5.41, 5.74) is 1.10. The van der Waals surface area contributed by atoms with Gasteiger partial charge in [0.05, 0.1) is 7.11 Å². The molecular formula is C16H22N4O4. The van der Waals surface area contributed by atoms with Crippen molar-refractivity contribution in [3.05, 3.63) is 29.8 Å². The number of nitrogens with zero attached hydrogens (tertiary/aromatic N) is 1. The van der Waals surface area contributed by atoms with E-state index in [1.54, 1.807) is 59.1 Å². The molecule has 0 unspecified atom stereocenters. The topological polar surface area (TPSA) is 99.8 Å². The Hall–Kier alpha value is -2.77. The number of hydrazine groups is 1. The molecule has 24 heavy (non-hydrogen) atoms. The molecule has 1 atom stereocenters. The van der Waals surface area contributed by atoms with Gasteiger partial charge in [-0.3, -0.25) is 4.79 Å². The van der Waals surface area contributed by atoms with Gasteiger partial charge in [0.25, 0.3) is 5.91 Å². The normalized spacial score (nSPS) is 20.6. The van der Waals surface area contributed by atoms with Gasteiger partial charge in [-0.15, -0.1) is 0 Å². The number of carbonyl (C=O) groups is 3. The number of methoxy groups -OCH3 is 1. The van der Waals surface area contributed by atoms with Crippen molar-refractivity contribution in [2.24, 2.45) is 0 Å². The van der Waals surface area contributed by atoms with Crippen LogP contribution in [0.4, 0.5) is 9.59 Å². The van der Waals surface area contributed by atoms with E-state index in [9.17, 15) is 14.4 Å². The lowest BCUT2D eigenvalue weighted by atomic mass is 9.92. The summed E-state index contributed by atoms with van der Waals surface area (Å²) in [4.78, 5) is 36.7. The van der Waals surface area contributed by atoms with Gasteiger partial charge < -0.3 is 15.4 Å². The van der Waals surface area contributed by atoms with E-state index < -0.39 is 29.0 Å². The summed E-state index contributed by atoms with van der Waals surface area (Å²) in [6.07, 6.45) is 0. The molecule has 5 amide bonds. The van der Waals surface area contributed by atoms with E-state index in [1.165, 1.54) is 0 Å². The number of rotatable bonds is 3. The second-order valence-corrected chi connectivity index (χ2v) is 6.74. The molecule has 1 fully saturated rings. The zero-order valence-electron chi connectivity index (χ0n) is 14.4. The Kier molecular flexibility index (Phi) is 4.42. The molecule has 1 aliphatic heterocycles. The summed E-state index contributed by atoms with van der Waals surface area (Å²) in [6, 6.07) is 5.45.